The summed E-state index contributed by atoms with van der Waals surface area (Å²) in [5.41, 5.74) is 3.00. The molecular formula is C32H37F2N3. The molecule has 1 saturated carbocycles. The molecular weight excluding hydrogens is 464 g/mol. The molecule has 2 aromatic rings. The molecule has 0 atom stereocenters. The van der Waals surface area contributed by atoms with E-state index < -0.39 is 11.5 Å². The fourth-order valence-electron chi connectivity index (χ4n) is 3.70. The number of rotatable bonds is 10. The summed E-state index contributed by atoms with van der Waals surface area (Å²) >= 11 is 0. The molecule has 1 aromatic heterocycles. The van der Waals surface area contributed by atoms with Crippen LogP contribution in [0.15, 0.2) is 67.7 Å². The molecule has 0 amide bonds. The van der Waals surface area contributed by atoms with Gasteiger partial charge in [0.05, 0.1) is 5.69 Å². The lowest BCUT2D eigenvalue weighted by atomic mass is 9.90. The van der Waals surface area contributed by atoms with Crippen molar-refractivity contribution in [1.29, 1.82) is 0 Å². The second-order valence-electron chi connectivity index (χ2n) is 10.4. The van der Waals surface area contributed by atoms with E-state index in [1.165, 1.54) is 26.7 Å². The molecule has 2 N–H and O–H groups in total. The largest absolute Gasteiger partial charge is 0.384 e. The van der Waals surface area contributed by atoms with Crippen LogP contribution in [-0.2, 0) is 12.2 Å². The number of nitrogens with zero attached hydrogens (tertiary/aromatic N) is 1. The van der Waals surface area contributed by atoms with Crippen molar-refractivity contribution < 1.29 is 8.78 Å². The third-order valence-electron chi connectivity index (χ3n) is 6.23. The Hall–Kier alpha value is -3.65. The number of hydrogen-bond donors (Lipinski definition) is 2. The summed E-state index contributed by atoms with van der Waals surface area (Å²) in [6, 6.07) is 7.08. The second kappa shape index (κ2) is 11.6. The molecule has 0 radical (unpaired) electrons. The van der Waals surface area contributed by atoms with Gasteiger partial charge in [-0.05, 0) is 63.3 Å². The highest BCUT2D eigenvalue weighted by Crippen LogP contribution is 2.34. The molecule has 0 unspecified atom stereocenters. The SMILES string of the molecule is C=C(/C=C(\C)c1ccc(C#CC2CC2)cn1)NC(=C)c1c(C(C)(C)F)ccc(CNC(=C)C(C)C)c1F. The van der Waals surface area contributed by atoms with Crippen LogP contribution in [0.1, 0.15) is 75.4 Å². The minimum Gasteiger partial charge on any atom is -0.384 e. The van der Waals surface area contributed by atoms with Crippen molar-refractivity contribution in [2.75, 3.05) is 0 Å². The number of aromatic nitrogens is 1. The Labute approximate surface area is 220 Å². The summed E-state index contributed by atoms with van der Waals surface area (Å²) in [6.45, 7) is 21.0. The molecule has 0 bridgehead atoms. The van der Waals surface area contributed by atoms with Gasteiger partial charge in [0.25, 0.3) is 0 Å². The Balaban J connectivity index is 1.79. The van der Waals surface area contributed by atoms with Gasteiger partial charge in [0.1, 0.15) is 11.5 Å². The normalized spacial score (nSPS) is 13.6. The van der Waals surface area contributed by atoms with Crippen LogP contribution in [0.25, 0.3) is 11.3 Å². The van der Waals surface area contributed by atoms with E-state index in [0.29, 0.717) is 17.2 Å². The summed E-state index contributed by atoms with van der Waals surface area (Å²) in [6.07, 6.45) is 5.93. The lowest BCUT2D eigenvalue weighted by molar-refractivity contribution is 0.220. The van der Waals surface area contributed by atoms with Gasteiger partial charge >= 0.3 is 0 Å². The molecule has 1 heterocycles. The number of hydrogen-bond acceptors (Lipinski definition) is 3. The van der Waals surface area contributed by atoms with Gasteiger partial charge in [0.2, 0.25) is 0 Å². The average Bonchev–Trinajstić information content (AvgIpc) is 3.65. The van der Waals surface area contributed by atoms with Crippen molar-refractivity contribution in [1.82, 2.24) is 15.6 Å². The molecule has 0 spiro atoms. The van der Waals surface area contributed by atoms with E-state index in [2.05, 4.69) is 47.2 Å². The molecule has 3 rings (SSSR count). The van der Waals surface area contributed by atoms with Crippen LogP contribution in [-0.4, -0.2) is 4.98 Å². The molecule has 3 nitrogen and oxygen atoms in total. The van der Waals surface area contributed by atoms with E-state index in [-0.39, 0.29) is 29.3 Å². The van der Waals surface area contributed by atoms with Crippen LogP contribution >= 0.6 is 0 Å². The third-order valence-corrected chi connectivity index (χ3v) is 6.23. The zero-order valence-corrected chi connectivity index (χ0v) is 22.6. The number of halogens is 2. The number of pyridine rings is 1. The standard InChI is InChI=1S/C32H37F2N3/c1-20(2)23(5)35-19-27-14-15-28(32(7,8)34)30(31(27)33)24(6)37-22(4)17-21(3)29-16-13-26(18-36-29)12-11-25-9-10-25/h13-18,20,25,35,37H,4-6,9-10,19H2,1-3,7-8H3/b21-17+. The Kier molecular flexibility index (Phi) is 8.76. The average molecular weight is 502 g/mol. The summed E-state index contributed by atoms with van der Waals surface area (Å²) in [4.78, 5) is 4.50. The first kappa shape index (κ1) is 27.9. The van der Waals surface area contributed by atoms with Crippen LogP contribution in [0, 0.1) is 29.5 Å². The first-order valence-corrected chi connectivity index (χ1v) is 12.6. The Morgan fingerprint density at radius 3 is 2.46 bits per heavy atom. The fraction of sp³-hybridized carbons (Fsp3) is 0.344. The van der Waals surface area contributed by atoms with Crippen LogP contribution in [0.3, 0.4) is 0 Å². The third kappa shape index (κ3) is 7.67. The zero-order chi connectivity index (χ0) is 27.3. The molecule has 1 aliphatic rings. The molecule has 0 aliphatic heterocycles. The van der Waals surface area contributed by atoms with Gasteiger partial charge in [0.15, 0.2) is 0 Å². The van der Waals surface area contributed by atoms with Crippen LogP contribution in [0.4, 0.5) is 8.78 Å². The molecule has 194 valence electrons. The highest BCUT2D eigenvalue weighted by Gasteiger charge is 2.27. The van der Waals surface area contributed by atoms with Crippen molar-refractivity contribution in [3.05, 3.63) is 101 Å². The highest BCUT2D eigenvalue weighted by molar-refractivity contribution is 5.71. The quantitative estimate of drug-likeness (QED) is 0.260. The van der Waals surface area contributed by atoms with Gasteiger partial charge in [-0.25, -0.2) is 8.78 Å². The minimum atomic E-state index is -1.77. The van der Waals surface area contributed by atoms with Gasteiger partial charge < -0.3 is 10.6 Å². The Morgan fingerprint density at radius 2 is 1.89 bits per heavy atom. The first-order valence-electron chi connectivity index (χ1n) is 12.6. The molecule has 1 fully saturated rings. The van der Waals surface area contributed by atoms with Crippen molar-refractivity contribution in [3.8, 4) is 11.8 Å². The Bertz CT molecular complexity index is 1280. The van der Waals surface area contributed by atoms with E-state index in [1.807, 2.05) is 32.9 Å². The minimum absolute atomic E-state index is 0.103. The maximum atomic E-state index is 15.7. The van der Waals surface area contributed by atoms with Gasteiger partial charge in [-0.15, -0.1) is 0 Å². The monoisotopic (exact) mass is 501 g/mol. The predicted molar refractivity (Wildman–Crippen MR) is 150 cm³/mol. The van der Waals surface area contributed by atoms with E-state index in [9.17, 15) is 0 Å². The van der Waals surface area contributed by atoms with Gasteiger partial charge in [0, 0.05) is 58.0 Å². The lowest BCUT2D eigenvalue weighted by Gasteiger charge is -2.24. The van der Waals surface area contributed by atoms with E-state index in [1.54, 1.807) is 24.4 Å². The van der Waals surface area contributed by atoms with E-state index >= 15 is 8.78 Å². The highest BCUT2D eigenvalue weighted by atomic mass is 19.1. The number of alkyl halides is 1. The zero-order valence-electron chi connectivity index (χ0n) is 22.6. The molecule has 37 heavy (non-hydrogen) atoms. The Morgan fingerprint density at radius 1 is 1.19 bits per heavy atom. The second-order valence-corrected chi connectivity index (χ2v) is 10.4. The molecule has 0 saturated heterocycles. The number of nitrogens with one attached hydrogen (secondary N) is 2. The van der Waals surface area contributed by atoms with Crippen molar-refractivity contribution >= 4 is 11.3 Å². The lowest BCUT2D eigenvalue weighted by Crippen LogP contribution is -2.21. The summed E-state index contributed by atoms with van der Waals surface area (Å²) < 4.78 is 30.8. The first-order chi connectivity index (χ1) is 17.4. The molecule has 5 heteroatoms. The van der Waals surface area contributed by atoms with Crippen LogP contribution < -0.4 is 10.6 Å². The number of allylic oxidation sites excluding steroid dienone is 3. The van der Waals surface area contributed by atoms with Gasteiger partial charge in [-0.3, -0.25) is 4.98 Å². The topological polar surface area (TPSA) is 37.0 Å². The van der Waals surface area contributed by atoms with Crippen molar-refractivity contribution in [2.45, 2.75) is 59.7 Å². The van der Waals surface area contributed by atoms with Crippen LogP contribution in [0.5, 0.6) is 0 Å². The van der Waals surface area contributed by atoms with E-state index in [4.69, 9.17) is 0 Å². The smallest absolute Gasteiger partial charge is 0.137 e. The summed E-state index contributed by atoms with van der Waals surface area (Å²) in [7, 11) is 0. The summed E-state index contributed by atoms with van der Waals surface area (Å²) in [5, 5.41) is 6.20. The van der Waals surface area contributed by atoms with Gasteiger partial charge in [-0.2, -0.15) is 0 Å². The van der Waals surface area contributed by atoms with E-state index in [0.717, 1.165) is 22.5 Å². The number of benzene rings is 1. The molecule has 1 aliphatic carbocycles. The predicted octanol–water partition coefficient (Wildman–Crippen LogP) is 7.62. The van der Waals surface area contributed by atoms with Crippen molar-refractivity contribution in [3.63, 3.8) is 0 Å². The maximum absolute atomic E-state index is 15.7. The molecule has 1 aromatic carbocycles. The van der Waals surface area contributed by atoms with Crippen molar-refractivity contribution in [2.24, 2.45) is 11.8 Å². The van der Waals surface area contributed by atoms with Gasteiger partial charge in [-0.1, -0.05) is 57.6 Å². The maximum Gasteiger partial charge on any atom is 0.137 e. The fourth-order valence-corrected chi connectivity index (χ4v) is 3.70. The van der Waals surface area contributed by atoms with Crippen LogP contribution in [0.2, 0.25) is 0 Å². The summed E-state index contributed by atoms with van der Waals surface area (Å²) in [5.74, 6) is 6.61.